The molecule has 1 fully saturated rings. The summed E-state index contributed by atoms with van der Waals surface area (Å²) >= 11 is 0. The molecule has 5 heteroatoms. The van der Waals surface area contributed by atoms with Crippen molar-refractivity contribution in [3.8, 4) is 11.5 Å². The van der Waals surface area contributed by atoms with Gasteiger partial charge < -0.3 is 19.7 Å². The van der Waals surface area contributed by atoms with Gasteiger partial charge in [0.15, 0.2) is 0 Å². The molecule has 3 aliphatic rings. The van der Waals surface area contributed by atoms with Crippen LogP contribution in [0.5, 0.6) is 11.5 Å². The molecule has 5 nitrogen and oxygen atoms in total. The van der Waals surface area contributed by atoms with Gasteiger partial charge in [-0.2, -0.15) is 0 Å². The maximum Gasteiger partial charge on any atom is 0.259 e. The Balaban J connectivity index is 1.35. The standard InChI is InChI=1S/C23H26N2O3/c1-15-6-10-25(11-7-15)18-4-2-17(3-5-18)24-23(26)21-19-9-13-27-20(19)14-16-8-12-28-22(16)21/h2-5,14-15H,6-13H2,1H3,(H,24,26). The van der Waals surface area contributed by atoms with Gasteiger partial charge in [-0.15, -0.1) is 0 Å². The Hall–Kier alpha value is -2.69. The van der Waals surface area contributed by atoms with Crippen molar-refractivity contribution in [1.82, 2.24) is 0 Å². The summed E-state index contributed by atoms with van der Waals surface area (Å²) in [5.74, 6) is 2.28. The van der Waals surface area contributed by atoms with Crippen molar-refractivity contribution in [2.45, 2.75) is 32.6 Å². The Morgan fingerprint density at radius 3 is 2.61 bits per heavy atom. The van der Waals surface area contributed by atoms with Gasteiger partial charge in [0.1, 0.15) is 11.5 Å². The van der Waals surface area contributed by atoms with E-state index in [1.165, 1.54) is 18.5 Å². The lowest BCUT2D eigenvalue weighted by molar-refractivity contribution is 0.102. The Kier molecular flexibility index (Phi) is 4.38. The van der Waals surface area contributed by atoms with Crippen molar-refractivity contribution in [1.29, 1.82) is 0 Å². The number of amides is 1. The smallest absolute Gasteiger partial charge is 0.259 e. The molecule has 0 bridgehead atoms. The van der Waals surface area contributed by atoms with Crippen molar-refractivity contribution >= 4 is 17.3 Å². The number of ether oxygens (including phenoxy) is 2. The van der Waals surface area contributed by atoms with Crippen LogP contribution in [0.2, 0.25) is 0 Å². The highest BCUT2D eigenvalue weighted by atomic mass is 16.5. The number of carbonyl (C=O) groups is 1. The monoisotopic (exact) mass is 378 g/mol. The fraction of sp³-hybridized carbons (Fsp3) is 0.435. The number of hydrogen-bond donors (Lipinski definition) is 1. The second-order valence-electron chi connectivity index (χ2n) is 8.08. The van der Waals surface area contributed by atoms with Crippen LogP contribution in [-0.4, -0.2) is 32.2 Å². The van der Waals surface area contributed by atoms with E-state index in [-0.39, 0.29) is 5.91 Å². The Morgan fingerprint density at radius 2 is 1.82 bits per heavy atom. The molecular weight excluding hydrogens is 352 g/mol. The van der Waals surface area contributed by atoms with Gasteiger partial charge in [0.25, 0.3) is 5.91 Å². The molecule has 146 valence electrons. The highest BCUT2D eigenvalue weighted by Gasteiger charge is 2.30. The van der Waals surface area contributed by atoms with Crippen LogP contribution < -0.4 is 19.7 Å². The maximum absolute atomic E-state index is 13.1. The van der Waals surface area contributed by atoms with Crippen molar-refractivity contribution in [2.75, 3.05) is 36.5 Å². The van der Waals surface area contributed by atoms with E-state index in [2.05, 4.69) is 29.3 Å². The Bertz CT molecular complexity index is 867. The topological polar surface area (TPSA) is 50.8 Å². The van der Waals surface area contributed by atoms with Crippen molar-refractivity contribution < 1.29 is 14.3 Å². The first-order chi connectivity index (χ1) is 13.7. The lowest BCUT2D eigenvalue weighted by Crippen LogP contribution is -2.32. The molecule has 2 aromatic rings. The zero-order valence-corrected chi connectivity index (χ0v) is 16.3. The number of piperidine rings is 1. The number of rotatable bonds is 3. The first kappa shape index (κ1) is 17.4. The van der Waals surface area contributed by atoms with Crippen LogP contribution in [0.15, 0.2) is 30.3 Å². The number of nitrogens with zero attached hydrogens (tertiary/aromatic N) is 1. The summed E-state index contributed by atoms with van der Waals surface area (Å²) in [4.78, 5) is 15.5. The van der Waals surface area contributed by atoms with Gasteiger partial charge in [-0.25, -0.2) is 0 Å². The summed E-state index contributed by atoms with van der Waals surface area (Å²) in [7, 11) is 0. The summed E-state index contributed by atoms with van der Waals surface area (Å²) in [5.41, 5.74) is 4.72. The normalized spacial score (nSPS) is 18.2. The van der Waals surface area contributed by atoms with E-state index in [9.17, 15) is 4.79 Å². The molecule has 0 aliphatic carbocycles. The zero-order valence-electron chi connectivity index (χ0n) is 16.3. The van der Waals surface area contributed by atoms with Crippen LogP contribution in [0, 0.1) is 5.92 Å². The second kappa shape index (κ2) is 7.04. The molecule has 0 aromatic heterocycles. The SMILES string of the molecule is CC1CCN(c2ccc(NC(=O)c3c4c(cc5c3OCC5)OCC4)cc2)CC1. The highest BCUT2D eigenvalue weighted by Crippen LogP contribution is 2.41. The summed E-state index contributed by atoms with van der Waals surface area (Å²) in [5, 5.41) is 3.06. The molecule has 0 spiro atoms. The molecule has 1 N–H and O–H groups in total. The highest BCUT2D eigenvalue weighted by molar-refractivity contribution is 6.08. The fourth-order valence-corrected chi connectivity index (χ4v) is 4.44. The van der Waals surface area contributed by atoms with Gasteiger partial charge in [0.2, 0.25) is 0 Å². The quantitative estimate of drug-likeness (QED) is 0.876. The Labute approximate surface area is 165 Å². The zero-order chi connectivity index (χ0) is 19.1. The van der Waals surface area contributed by atoms with Gasteiger partial charge in [-0.3, -0.25) is 4.79 Å². The molecule has 0 unspecified atom stereocenters. The second-order valence-corrected chi connectivity index (χ2v) is 8.08. The number of fused-ring (bicyclic) bond motifs is 2. The number of hydrogen-bond acceptors (Lipinski definition) is 4. The first-order valence-electron chi connectivity index (χ1n) is 10.3. The predicted octanol–water partition coefficient (Wildman–Crippen LogP) is 4.05. The summed E-state index contributed by atoms with van der Waals surface area (Å²) in [6.45, 7) is 5.78. The van der Waals surface area contributed by atoms with Crippen LogP contribution >= 0.6 is 0 Å². The van der Waals surface area contributed by atoms with Crippen LogP contribution in [0.4, 0.5) is 11.4 Å². The molecule has 0 radical (unpaired) electrons. The molecular formula is C23H26N2O3. The molecule has 3 heterocycles. The third-order valence-electron chi connectivity index (χ3n) is 6.15. The average Bonchev–Trinajstić information content (AvgIpc) is 3.36. The number of nitrogens with one attached hydrogen (secondary N) is 1. The predicted molar refractivity (Wildman–Crippen MR) is 110 cm³/mol. The largest absolute Gasteiger partial charge is 0.493 e. The summed E-state index contributed by atoms with van der Waals surface area (Å²) in [6, 6.07) is 10.2. The molecule has 0 saturated carbocycles. The third-order valence-corrected chi connectivity index (χ3v) is 6.15. The fourth-order valence-electron chi connectivity index (χ4n) is 4.44. The van der Waals surface area contributed by atoms with E-state index < -0.39 is 0 Å². The van der Waals surface area contributed by atoms with Crippen LogP contribution in [0.3, 0.4) is 0 Å². The first-order valence-corrected chi connectivity index (χ1v) is 10.3. The Morgan fingerprint density at radius 1 is 1.07 bits per heavy atom. The minimum Gasteiger partial charge on any atom is -0.493 e. The molecule has 28 heavy (non-hydrogen) atoms. The van der Waals surface area contributed by atoms with Gasteiger partial charge >= 0.3 is 0 Å². The molecule has 0 atom stereocenters. The minimum absolute atomic E-state index is 0.111. The van der Waals surface area contributed by atoms with E-state index >= 15 is 0 Å². The van der Waals surface area contributed by atoms with Crippen molar-refractivity contribution in [3.05, 3.63) is 47.0 Å². The lowest BCUT2D eigenvalue weighted by Gasteiger charge is -2.32. The summed E-state index contributed by atoms with van der Waals surface area (Å²) < 4.78 is 11.5. The molecule has 2 aromatic carbocycles. The lowest BCUT2D eigenvalue weighted by atomic mass is 9.98. The molecule has 3 aliphatic heterocycles. The van der Waals surface area contributed by atoms with Crippen LogP contribution in [0.25, 0.3) is 0 Å². The average molecular weight is 378 g/mol. The van der Waals surface area contributed by atoms with Crippen molar-refractivity contribution in [3.63, 3.8) is 0 Å². The third kappa shape index (κ3) is 3.09. The molecule has 1 amide bonds. The summed E-state index contributed by atoms with van der Waals surface area (Å²) in [6.07, 6.45) is 4.06. The number of benzene rings is 2. The maximum atomic E-state index is 13.1. The van der Waals surface area contributed by atoms with Gasteiger partial charge in [-0.05, 0) is 49.1 Å². The number of anilines is 2. The van der Waals surface area contributed by atoms with E-state index in [0.717, 1.165) is 60.2 Å². The minimum atomic E-state index is -0.111. The van der Waals surface area contributed by atoms with E-state index in [1.54, 1.807) is 0 Å². The van der Waals surface area contributed by atoms with Gasteiger partial charge in [-0.1, -0.05) is 6.92 Å². The van der Waals surface area contributed by atoms with Crippen LogP contribution in [0.1, 0.15) is 41.3 Å². The van der Waals surface area contributed by atoms with E-state index in [0.29, 0.717) is 18.8 Å². The van der Waals surface area contributed by atoms with Crippen LogP contribution in [-0.2, 0) is 12.8 Å². The van der Waals surface area contributed by atoms with E-state index in [1.807, 2.05) is 18.2 Å². The molecule has 5 rings (SSSR count). The van der Waals surface area contributed by atoms with Gasteiger partial charge in [0.05, 0.1) is 18.8 Å². The van der Waals surface area contributed by atoms with Crippen molar-refractivity contribution in [2.24, 2.45) is 5.92 Å². The van der Waals surface area contributed by atoms with E-state index in [4.69, 9.17) is 9.47 Å². The number of carbonyl (C=O) groups excluding carboxylic acids is 1. The molecule has 1 saturated heterocycles. The van der Waals surface area contributed by atoms with Gasteiger partial charge in [0, 0.05) is 48.4 Å².